The Labute approximate surface area is 263 Å². The summed E-state index contributed by atoms with van der Waals surface area (Å²) >= 11 is 20.5. The molecule has 0 radical (unpaired) electrons. The van der Waals surface area contributed by atoms with Crippen molar-refractivity contribution in [2.75, 3.05) is 69.0 Å². The smallest absolute Gasteiger partial charge is 0.325 e. The number of benzene rings is 1. The Morgan fingerprint density at radius 2 is 1.81 bits per heavy atom. The fourth-order valence-corrected chi connectivity index (χ4v) is 5.94. The first-order chi connectivity index (χ1) is 20.0. The van der Waals surface area contributed by atoms with E-state index in [0.717, 1.165) is 31.7 Å². The molecule has 10 nitrogen and oxygen atoms in total. The van der Waals surface area contributed by atoms with E-state index >= 15 is 0 Å². The van der Waals surface area contributed by atoms with Crippen molar-refractivity contribution in [2.24, 2.45) is 0 Å². The van der Waals surface area contributed by atoms with Crippen LogP contribution in [0.25, 0.3) is 0 Å². The zero-order valence-corrected chi connectivity index (χ0v) is 26.5. The summed E-state index contributed by atoms with van der Waals surface area (Å²) in [7, 11) is 3.75. The molecule has 0 aliphatic carbocycles. The van der Waals surface area contributed by atoms with Crippen LogP contribution in [0.3, 0.4) is 0 Å². The quantitative estimate of drug-likeness (QED) is 0.282. The molecular weight excluding hydrogens is 623 g/mol. The molecule has 42 heavy (non-hydrogen) atoms. The van der Waals surface area contributed by atoms with E-state index in [1.54, 1.807) is 24.9 Å². The van der Waals surface area contributed by atoms with Crippen molar-refractivity contribution in [3.63, 3.8) is 0 Å². The Balaban J connectivity index is 1.61. The molecule has 1 fully saturated rings. The topological polar surface area (TPSA) is 107 Å². The van der Waals surface area contributed by atoms with Gasteiger partial charge in [0.1, 0.15) is 17.4 Å². The maximum Gasteiger partial charge on any atom is 0.325 e. The SMILES string of the molecule is CCOC(=O)CN(C)c1cc(Cl)c(C(=O)Nc2scc(CN3CCN(C)CC3)c2Cl)c(C(=O)Nc2ccc(Cl)cn2)c1. The number of thiophene rings is 1. The molecule has 1 aromatic carbocycles. The predicted molar refractivity (Wildman–Crippen MR) is 169 cm³/mol. The number of halogens is 3. The van der Waals surface area contributed by atoms with Crippen LogP contribution >= 0.6 is 46.1 Å². The van der Waals surface area contributed by atoms with E-state index in [1.807, 2.05) is 5.38 Å². The number of carbonyl (C=O) groups is 3. The monoisotopic (exact) mass is 652 g/mol. The van der Waals surface area contributed by atoms with Crippen LogP contribution in [0, 0.1) is 0 Å². The first kappa shape index (κ1) is 32.0. The summed E-state index contributed by atoms with van der Waals surface area (Å²) in [6.45, 7) is 6.34. The Kier molecular flexibility index (Phi) is 11.0. The normalized spacial score (nSPS) is 14.0. The van der Waals surface area contributed by atoms with Gasteiger partial charge in [0.2, 0.25) is 0 Å². The van der Waals surface area contributed by atoms with Crippen molar-refractivity contribution in [1.29, 1.82) is 0 Å². The lowest BCUT2D eigenvalue weighted by Gasteiger charge is -2.32. The molecule has 2 N–H and O–H groups in total. The molecule has 224 valence electrons. The summed E-state index contributed by atoms with van der Waals surface area (Å²) < 4.78 is 5.03. The first-order valence-electron chi connectivity index (χ1n) is 13.2. The second kappa shape index (κ2) is 14.5. The van der Waals surface area contributed by atoms with E-state index in [0.29, 0.717) is 27.3 Å². The number of nitrogens with one attached hydrogen (secondary N) is 2. The standard InChI is InChI=1S/C28H31Cl3N6O4S/c1-4-41-23(38)15-36(3)19-11-20(26(39)33-22-6-5-18(29)13-32-22)24(21(30)12-19)27(40)34-28-25(31)17(16-42-28)14-37-9-7-35(2)8-10-37/h5-6,11-13,16H,4,7-10,14-15H2,1-3H3,(H,34,40)(H,32,33,39). The van der Waals surface area contributed by atoms with Crippen LogP contribution < -0.4 is 15.5 Å². The number of pyridine rings is 1. The number of hydrogen-bond donors (Lipinski definition) is 2. The van der Waals surface area contributed by atoms with Gasteiger partial charge in [0.05, 0.1) is 32.8 Å². The Hall–Kier alpha value is -2.93. The second-order valence-electron chi connectivity index (χ2n) is 9.76. The van der Waals surface area contributed by atoms with Crippen LogP contribution in [0.4, 0.5) is 16.5 Å². The van der Waals surface area contributed by atoms with E-state index < -0.39 is 17.8 Å². The van der Waals surface area contributed by atoms with Crippen LogP contribution in [-0.2, 0) is 16.1 Å². The highest BCUT2D eigenvalue weighted by Gasteiger charge is 2.26. The van der Waals surface area contributed by atoms with Crippen molar-refractivity contribution in [3.05, 3.63) is 67.6 Å². The van der Waals surface area contributed by atoms with Gasteiger partial charge in [-0.2, -0.15) is 0 Å². The molecule has 1 saturated heterocycles. The highest BCUT2D eigenvalue weighted by atomic mass is 35.5. The van der Waals surface area contributed by atoms with Crippen molar-refractivity contribution in [1.82, 2.24) is 14.8 Å². The van der Waals surface area contributed by atoms with Gasteiger partial charge in [0, 0.05) is 51.7 Å². The number of anilines is 3. The van der Waals surface area contributed by atoms with Gasteiger partial charge in [-0.3, -0.25) is 19.3 Å². The summed E-state index contributed by atoms with van der Waals surface area (Å²) in [6.07, 6.45) is 1.39. The van der Waals surface area contributed by atoms with E-state index in [4.69, 9.17) is 39.5 Å². The minimum atomic E-state index is -0.628. The van der Waals surface area contributed by atoms with Crippen molar-refractivity contribution in [3.8, 4) is 0 Å². The molecule has 14 heteroatoms. The van der Waals surface area contributed by atoms with E-state index in [1.165, 1.54) is 35.7 Å². The fraction of sp³-hybridized carbons (Fsp3) is 0.357. The third kappa shape index (κ3) is 8.12. The molecular formula is C28H31Cl3N6O4S. The first-order valence-corrected chi connectivity index (χ1v) is 15.2. The fourth-order valence-electron chi connectivity index (χ4n) is 4.33. The Morgan fingerprint density at radius 3 is 2.48 bits per heavy atom. The largest absolute Gasteiger partial charge is 0.465 e. The van der Waals surface area contributed by atoms with Crippen LogP contribution in [0.15, 0.2) is 35.8 Å². The van der Waals surface area contributed by atoms with Crippen molar-refractivity contribution in [2.45, 2.75) is 13.5 Å². The molecule has 4 rings (SSSR count). The van der Waals surface area contributed by atoms with Gasteiger partial charge in [-0.25, -0.2) is 4.98 Å². The highest BCUT2D eigenvalue weighted by Crippen LogP contribution is 2.36. The van der Waals surface area contributed by atoms with Crippen LogP contribution in [0.2, 0.25) is 15.1 Å². The summed E-state index contributed by atoms with van der Waals surface area (Å²) in [6, 6.07) is 6.11. The molecule has 0 saturated carbocycles. The van der Waals surface area contributed by atoms with Crippen LogP contribution in [0.1, 0.15) is 33.2 Å². The van der Waals surface area contributed by atoms with Crippen LogP contribution in [0.5, 0.6) is 0 Å². The third-order valence-corrected chi connectivity index (χ3v) is 8.65. The van der Waals surface area contributed by atoms with Gasteiger partial charge in [-0.05, 0) is 49.2 Å². The Bertz CT molecular complexity index is 1440. The number of carbonyl (C=O) groups excluding carboxylic acids is 3. The number of amides is 2. The Morgan fingerprint density at radius 1 is 1.07 bits per heavy atom. The van der Waals surface area contributed by atoms with Gasteiger partial charge in [0.15, 0.2) is 0 Å². The third-order valence-electron chi connectivity index (χ3n) is 6.65. The number of likely N-dealkylation sites (N-methyl/N-ethyl adjacent to an activating group) is 2. The van der Waals surface area contributed by atoms with E-state index in [9.17, 15) is 14.4 Å². The van der Waals surface area contributed by atoms with Crippen molar-refractivity contribution >= 4 is 80.4 Å². The number of ether oxygens (including phenoxy) is 1. The molecule has 3 heterocycles. The zero-order valence-electron chi connectivity index (χ0n) is 23.4. The van der Waals surface area contributed by atoms with E-state index in [2.05, 4.69) is 32.5 Å². The molecule has 1 aliphatic rings. The predicted octanol–water partition coefficient (Wildman–Crippen LogP) is 5.35. The number of hydrogen-bond acceptors (Lipinski definition) is 9. The average molecular weight is 654 g/mol. The lowest BCUT2D eigenvalue weighted by molar-refractivity contribution is -0.141. The zero-order chi connectivity index (χ0) is 30.4. The highest BCUT2D eigenvalue weighted by molar-refractivity contribution is 7.15. The number of aromatic nitrogens is 1. The molecule has 3 aromatic rings. The average Bonchev–Trinajstić information content (AvgIpc) is 3.28. The molecule has 1 aliphatic heterocycles. The summed E-state index contributed by atoms with van der Waals surface area (Å²) in [4.78, 5) is 49.4. The minimum absolute atomic E-state index is 0.0141. The summed E-state index contributed by atoms with van der Waals surface area (Å²) in [5.41, 5.74) is 1.27. The van der Waals surface area contributed by atoms with Gasteiger partial charge in [-0.15, -0.1) is 11.3 Å². The molecule has 2 aromatic heterocycles. The maximum absolute atomic E-state index is 13.6. The summed E-state index contributed by atoms with van der Waals surface area (Å²) in [5, 5.41) is 8.75. The molecule has 0 spiro atoms. The van der Waals surface area contributed by atoms with Gasteiger partial charge in [-0.1, -0.05) is 34.8 Å². The second-order valence-corrected chi connectivity index (χ2v) is 11.9. The number of nitrogens with zero attached hydrogens (tertiary/aromatic N) is 4. The van der Waals surface area contributed by atoms with Gasteiger partial charge in [0.25, 0.3) is 11.8 Å². The molecule has 0 bridgehead atoms. The van der Waals surface area contributed by atoms with Gasteiger partial charge >= 0.3 is 5.97 Å². The molecule has 0 atom stereocenters. The number of rotatable bonds is 10. The van der Waals surface area contributed by atoms with Crippen molar-refractivity contribution < 1.29 is 19.1 Å². The molecule has 0 unspecified atom stereocenters. The number of esters is 1. The number of piperazine rings is 1. The molecule has 2 amide bonds. The lowest BCUT2D eigenvalue weighted by Crippen LogP contribution is -2.43. The van der Waals surface area contributed by atoms with Crippen LogP contribution in [-0.4, -0.2) is 86.0 Å². The lowest BCUT2D eigenvalue weighted by atomic mass is 10.0. The van der Waals surface area contributed by atoms with E-state index in [-0.39, 0.29) is 35.1 Å². The summed E-state index contributed by atoms with van der Waals surface area (Å²) in [5.74, 6) is -1.46. The maximum atomic E-state index is 13.6. The minimum Gasteiger partial charge on any atom is -0.465 e. The van der Waals surface area contributed by atoms with Gasteiger partial charge < -0.3 is 25.2 Å².